The van der Waals surface area contributed by atoms with Crippen molar-refractivity contribution in [2.75, 3.05) is 0 Å². The largest absolute Gasteiger partial charge is 0.250 e. The molecule has 1 aromatic heterocycles. The van der Waals surface area contributed by atoms with Crippen molar-refractivity contribution < 1.29 is 0 Å². The van der Waals surface area contributed by atoms with Gasteiger partial charge >= 0.3 is 0 Å². The van der Waals surface area contributed by atoms with Gasteiger partial charge in [0, 0.05) is 6.20 Å². The first-order valence-corrected chi connectivity index (χ1v) is 6.01. The fourth-order valence-corrected chi connectivity index (χ4v) is 1.63. The van der Waals surface area contributed by atoms with Crippen LogP contribution in [0.2, 0.25) is 0 Å². The maximum Gasteiger partial charge on any atom is 0.101 e. The van der Waals surface area contributed by atoms with E-state index in [2.05, 4.69) is 46.6 Å². The van der Waals surface area contributed by atoms with Gasteiger partial charge in [-0.15, -0.1) is 0 Å². The summed E-state index contributed by atoms with van der Waals surface area (Å²) >= 11 is 2.24. The number of hydrogen-bond donors (Lipinski definition) is 0. The smallest absolute Gasteiger partial charge is 0.101 e. The molecule has 13 heavy (non-hydrogen) atoms. The average Bonchev–Trinajstić information content (AvgIpc) is 2.15. The highest BCUT2D eigenvalue weighted by molar-refractivity contribution is 14.1. The molecular weight excluding hydrogens is 273 g/mol. The number of unbranched alkanes of at least 4 members (excludes halogenated alkanes) is 3. The third-order valence-electron chi connectivity index (χ3n) is 2.11. The summed E-state index contributed by atoms with van der Waals surface area (Å²) in [6.45, 7) is 2.24. The third-order valence-corrected chi connectivity index (χ3v) is 2.75. The van der Waals surface area contributed by atoms with E-state index in [-0.39, 0.29) is 0 Å². The summed E-state index contributed by atoms with van der Waals surface area (Å²) in [6, 6.07) is 4.26. The second kappa shape index (κ2) is 6.35. The lowest BCUT2D eigenvalue weighted by molar-refractivity contribution is 0.666. The second-order valence-electron chi connectivity index (χ2n) is 3.30. The Morgan fingerprint density at radius 2 is 2.08 bits per heavy atom. The van der Waals surface area contributed by atoms with E-state index in [1.54, 1.807) is 0 Å². The molecule has 0 spiro atoms. The molecule has 0 aliphatic heterocycles. The van der Waals surface area contributed by atoms with Crippen LogP contribution in [0.1, 0.15) is 38.2 Å². The van der Waals surface area contributed by atoms with Crippen molar-refractivity contribution in [1.82, 2.24) is 4.98 Å². The van der Waals surface area contributed by atoms with Gasteiger partial charge in [-0.05, 0) is 47.1 Å². The Kier molecular flexibility index (Phi) is 5.35. The van der Waals surface area contributed by atoms with E-state index in [1.165, 1.54) is 37.7 Å². The third kappa shape index (κ3) is 4.60. The van der Waals surface area contributed by atoms with Crippen LogP contribution in [-0.4, -0.2) is 4.98 Å². The van der Waals surface area contributed by atoms with Crippen LogP contribution in [0.25, 0.3) is 0 Å². The fraction of sp³-hybridized carbons (Fsp3) is 0.545. The minimum atomic E-state index is 1.08. The molecule has 0 unspecified atom stereocenters. The monoisotopic (exact) mass is 289 g/mol. The minimum absolute atomic E-state index is 1.08. The van der Waals surface area contributed by atoms with Gasteiger partial charge < -0.3 is 0 Å². The number of pyridine rings is 1. The Morgan fingerprint density at radius 1 is 1.23 bits per heavy atom. The molecule has 0 aromatic carbocycles. The van der Waals surface area contributed by atoms with Gasteiger partial charge in [-0.1, -0.05) is 32.3 Å². The fourth-order valence-electron chi connectivity index (χ4n) is 1.31. The zero-order valence-electron chi connectivity index (χ0n) is 8.09. The van der Waals surface area contributed by atoms with Crippen LogP contribution >= 0.6 is 22.6 Å². The molecule has 0 amide bonds. The summed E-state index contributed by atoms with van der Waals surface area (Å²) in [5.74, 6) is 0. The summed E-state index contributed by atoms with van der Waals surface area (Å²) in [7, 11) is 0. The Bertz CT molecular complexity index is 230. The summed E-state index contributed by atoms with van der Waals surface area (Å²) in [6.07, 6.45) is 8.50. The maximum absolute atomic E-state index is 4.26. The molecule has 72 valence electrons. The molecule has 0 aliphatic carbocycles. The minimum Gasteiger partial charge on any atom is -0.250 e. The van der Waals surface area contributed by atoms with Crippen molar-refractivity contribution in [3.05, 3.63) is 27.6 Å². The lowest BCUT2D eigenvalue weighted by Crippen LogP contribution is -1.88. The first-order valence-electron chi connectivity index (χ1n) is 4.93. The molecule has 0 aliphatic rings. The van der Waals surface area contributed by atoms with Crippen LogP contribution in [0, 0.1) is 3.70 Å². The van der Waals surface area contributed by atoms with E-state index >= 15 is 0 Å². The molecule has 1 rings (SSSR count). The maximum atomic E-state index is 4.26. The van der Waals surface area contributed by atoms with Crippen LogP contribution in [0.15, 0.2) is 18.3 Å². The van der Waals surface area contributed by atoms with Crippen LogP contribution in [-0.2, 0) is 6.42 Å². The van der Waals surface area contributed by atoms with Crippen LogP contribution in [0.4, 0.5) is 0 Å². The highest BCUT2D eigenvalue weighted by atomic mass is 127. The van der Waals surface area contributed by atoms with Gasteiger partial charge in [0.05, 0.1) is 0 Å². The van der Waals surface area contributed by atoms with Crippen molar-refractivity contribution in [3.63, 3.8) is 0 Å². The number of halogens is 1. The standard InChI is InChI=1S/C11H16IN/c1-2-3-4-5-6-10-7-8-11(12)13-9-10/h7-9H,2-6H2,1H3. The zero-order valence-corrected chi connectivity index (χ0v) is 10.3. The number of nitrogens with zero attached hydrogens (tertiary/aromatic N) is 1. The van der Waals surface area contributed by atoms with Gasteiger partial charge in [0.25, 0.3) is 0 Å². The number of rotatable bonds is 5. The van der Waals surface area contributed by atoms with Crippen molar-refractivity contribution in [1.29, 1.82) is 0 Å². The summed E-state index contributed by atoms with van der Waals surface area (Å²) in [5, 5.41) is 0. The molecule has 0 bridgehead atoms. The van der Waals surface area contributed by atoms with E-state index in [0.717, 1.165) is 3.70 Å². The van der Waals surface area contributed by atoms with Crippen molar-refractivity contribution in [3.8, 4) is 0 Å². The van der Waals surface area contributed by atoms with E-state index in [0.29, 0.717) is 0 Å². The Morgan fingerprint density at radius 3 is 2.69 bits per heavy atom. The van der Waals surface area contributed by atoms with Gasteiger partial charge in [0.2, 0.25) is 0 Å². The normalized spacial score (nSPS) is 10.3. The Balaban J connectivity index is 2.25. The molecule has 1 nitrogen and oxygen atoms in total. The van der Waals surface area contributed by atoms with Crippen molar-refractivity contribution in [2.45, 2.75) is 39.0 Å². The summed E-state index contributed by atoms with van der Waals surface area (Å²) in [5.41, 5.74) is 1.37. The molecular formula is C11H16IN. The lowest BCUT2D eigenvalue weighted by atomic mass is 10.1. The molecule has 2 heteroatoms. The van der Waals surface area contributed by atoms with Crippen LogP contribution in [0.5, 0.6) is 0 Å². The molecule has 0 radical (unpaired) electrons. The molecule has 1 aromatic rings. The van der Waals surface area contributed by atoms with E-state index < -0.39 is 0 Å². The van der Waals surface area contributed by atoms with Gasteiger partial charge in [0.1, 0.15) is 3.70 Å². The molecule has 0 atom stereocenters. The quantitative estimate of drug-likeness (QED) is 0.456. The first kappa shape index (κ1) is 11.0. The van der Waals surface area contributed by atoms with E-state index in [1.807, 2.05) is 6.20 Å². The number of aromatic nitrogens is 1. The average molecular weight is 289 g/mol. The number of aryl methyl sites for hydroxylation is 1. The van der Waals surface area contributed by atoms with Crippen LogP contribution in [0.3, 0.4) is 0 Å². The van der Waals surface area contributed by atoms with Crippen molar-refractivity contribution in [2.24, 2.45) is 0 Å². The predicted molar refractivity (Wildman–Crippen MR) is 64.8 cm³/mol. The summed E-state index contributed by atoms with van der Waals surface area (Å²) in [4.78, 5) is 4.26. The van der Waals surface area contributed by atoms with Gasteiger partial charge in [0.15, 0.2) is 0 Å². The highest BCUT2D eigenvalue weighted by Gasteiger charge is 1.93. The van der Waals surface area contributed by atoms with Crippen molar-refractivity contribution >= 4 is 22.6 Å². The molecule has 0 fully saturated rings. The highest BCUT2D eigenvalue weighted by Crippen LogP contribution is 2.08. The SMILES string of the molecule is CCCCCCc1ccc(I)nc1. The van der Waals surface area contributed by atoms with Crippen LogP contribution < -0.4 is 0 Å². The van der Waals surface area contributed by atoms with E-state index in [9.17, 15) is 0 Å². The predicted octanol–water partition coefficient (Wildman–Crippen LogP) is 3.81. The topological polar surface area (TPSA) is 12.9 Å². The number of hydrogen-bond acceptors (Lipinski definition) is 1. The first-order chi connectivity index (χ1) is 6.33. The van der Waals surface area contributed by atoms with Gasteiger partial charge in [-0.25, -0.2) is 0 Å². The molecule has 0 saturated heterocycles. The molecule has 0 N–H and O–H groups in total. The van der Waals surface area contributed by atoms with Gasteiger partial charge in [-0.3, -0.25) is 4.98 Å². The van der Waals surface area contributed by atoms with Gasteiger partial charge in [-0.2, -0.15) is 0 Å². The molecule has 0 saturated carbocycles. The van der Waals surface area contributed by atoms with E-state index in [4.69, 9.17) is 0 Å². The zero-order chi connectivity index (χ0) is 9.52. The second-order valence-corrected chi connectivity index (χ2v) is 4.41. The summed E-state index contributed by atoms with van der Waals surface area (Å²) < 4.78 is 1.08. The Hall–Kier alpha value is -0.120. The Labute approximate surface area is 94.1 Å². The lowest BCUT2D eigenvalue weighted by Gasteiger charge is -2.00. The molecule has 1 heterocycles.